The van der Waals surface area contributed by atoms with Crippen LogP contribution in [0.3, 0.4) is 0 Å². The lowest BCUT2D eigenvalue weighted by molar-refractivity contribution is -0.121. The Hall–Kier alpha value is -1.64. The Morgan fingerprint density at radius 3 is 2.25 bits per heavy atom. The normalized spacial score (nSPS) is 11.0. The highest BCUT2D eigenvalue weighted by Gasteiger charge is 2.30. The predicted molar refractivity (Wildman–Crippen MR) is 61.5 cm³/mol. The summed E-state index contributed by atoms with van der Waals surface area (Å²) in [7, 11) is 1.33. The van der Waals surface area contributed by atoms with E-state index in [1.165, 1.54) is 14.0 Å². The second kappa shape index (κ2) is 4.47. The molecule has 3 heteroatoms. The second-order valence-corrected chi connectivity index (χ2v) is 4.22. The van der Waals surface area contributed by atoms with Crippen molar-refractivity contribution in [2.45, 2.75) is 26.2 Å². The maximum absolute atomic E-state index is 11.6. The van der Waals surface area contributed by atoms with Crippen LogP contribution >= 0.6 is 0 Å². The number of ketones is 1. The number of hydrogen-bond donors (Lipinski definition) is 0. The number of rotatable bonds is 3. The lowest BCUT2D eigenvalue weighted by Crippen LogP contribution is -2.29. The van der Waals surface area contributed by atoms with Gasteiger partial charge in [0.05, 0.1) is 12.7 Å². The maximum Gasteiger partial charge on any atom is 0.338 e. The van der Waals surface area contributed by atoms with E-state index in [4.69, 9.17) is 4.74 Å². The molecule has 0 saturated heterocycles. The van der Waals surface area contributed by atoms with Crippen molar-refractivity contribution in [1.82, 2.24) is 0 Å². The minimum atomic E-state index is -0.676. The Bertz CT molecular complexity index is 419. The molecule has 0 fully saturated rings. The fourth-order valence-electron chi connectivity index (χ4n) is 1.51. The van der Waals surface area contributed by atoms with Crippen LogP contribution in [0.1, 0.15) is 36.7 Å². The van der Waals surface area contributed by atoms with E-state index >= 15 is 0 Å². The zero-order chi connectivity index (χ0) is 12.3. The highest BCUT2D eigenvalue weighted by molar-refractivity contribution is 5.96. The SMILES string of the molecule is COC(=O)c1ccccc1C(C)(C)C(C)=O. The van der Waals surface area contributed by atoms with Crippen molar-refractivity contribution in [3.8, 4) is 0 Å². The maximum atomic E-state index is 11.6. The molecule has 0 radical (unpaired) electrons. The first-order chi connectivity index (χ1) is 7.41. The van der Waals surface area contributed by atoms with Gasteiger partial charge >= 0.3 is 5.97 Å². The lowest BCUT2D eigenvalue weighted by atomic mass is 9.79. The summed E-state index contributed by atoms with van der Waals surface area (Å²) in [5.74, 6) is -0.395. The Morgan fingerprint density at radius 2 is 1.75 bits per heavy atom. The van der Waals surface area contributed by atoms with Gasteiger partial charge in [-0.15, -0.1) is 0 Å². The third-order valence-corrected chi connectivity index (χ3v) is 2.89. The molecule has 0 aliphatic carbocycles. The molecular formula is C13H16O3. The topological polar surface area (TPSA) is 43.4 Å². The summed E-state index contributed by atoms with van der Waals surface area (Å²) in [6, 6.07) is 7.03. The van der Waals surface area contributed by atoms with Gasteiger partial charge in [0.2, 0.25) is 0 Å². The first-order valence-electron chi connectivity index (χ1n) is 5.10. The number of esters is 1. The third kappa shape index (κ3) is 2.13. The van der Waals surface area contributed by atoms with Gasteiger partial charge in [0, 0.05) is 5.41 Å². The fourth-order valence-corrected chi connectivity index (χ4v) is 1.51. The Balaban J connectivity index is 3.34. The van der Waals surface area contributed by atoms with Crippen LogP contribution in [0.25, 0.3) is 0 Å². The van der Waals surface area contributed by atoms with Gasteiger partial charge in [-0.3, -0.25) is 4.79 Å². The molecule has 0 bridgehead atoms. The summed E-state index contributed by atoms with van der Waals surface area (Å²) < 4.78 is 4.70. The van der Waals surface area contributed by atoms with Crippen LogP contribution in [0.2, 0.25) is 0 Å². The summed E-state index contributed by atoms with van der Waals surface area (Å²) in [6.45, 7) is 5.13. The van der Waals surface area contributed by atoms with Crippen LogP contribution in [-0.4, -0.2) is 18.9 Å². The molecule has 0 aliphatic heterocycles. The first-order valence-corrected chi connectivity index (χ1v) is 5.10. The third-order valence-electron chi connectivity index (χ3n) is 2.89. The van der Waals surface area contributed by atoms with Gasteiger partial charge < -0.3 is 4.74 Å². The van der Waals surface area contributed by atoms with Crippen molar-refractivity contribution in [3.63, 3.8) is 0 Å². The van der Waals surface area contributed by atoms with Gasteiger partial charge in [-0.2, -0.15) is 0 Å². The van der Waals surface area contributed by atoms with Crippen molar-refractivity contribution in [2.24, 2.45) is 0 Å². The van der Waals surface area contributed by atoms with E-state index in [0.29, 0.717) is 11.1 Å². The van der Waals surface area contributed by atoms with Crippen LogP contribution in [0.4, 0.5) is 0 Å². The molecule has 0 unspecified atom stereocenters. The van der Waals surface area contributed by atoms with Gasteiger partial charge in [0.25, 0.3) is 0 Å². The summed E-state index contributed by atoms with van der Waals surface area (Å²) in [5.41, 5.74) is 0.477. The first kappa shape index (κ1) is 12.4. The summed E-state index contributed by atoms with van der Waals surface area (Å²) in [5, 5.41) is 0. The van der Waals surface area contributed by atoms with E-state index in [2.05, 4.69) is 0 Å². The Kier molecular flexibility index (Phi) is 3.48. The predicted octanol–water partition coefficient (Wildman–Crippen LogP) is 2.34. The van der Waals surface area contributed by atoms with Crippen LogP contribution in [-0.2, 0) is 14.9 Å². The standard InChI is InChI=1S/C13H16O3/c1-9(14)13(2,3)11-8-6-5-7-10(11)12(15)16-4/h5-8H,1-4H3. The van der Waals surface area contributed by atoms with Gasteiger partial charge in [0.15, 0.2) is 0 Å². The van der Waals surface area contributed by atoms with Gasteiger partial charge in [0.1, 0.15) is 5.78 Å². The number of benzene rings is 1. The molecule has 0 N–H and O–H groups in total. The minimum Gasteiger partial charge on any atom is -0.465 e. The average molecular weight is 220 g/mol. The second-order valence-electron chi connectivity index (χ2n) is 4.22. The van der Waals surface area contributed by atoms with E-state index in [9.17, 15) is 9.59 Å². The lowest BCUT2D eigenvalue weighted by Gasteiger charge is -2.23. The summed E-state index contributed by atoms with van der Waals surface area (Å²) >= 11 is 0. The van der Waals surface area contributed by atoms with Crippen LogP contribution in [0, 0.1) is 0 Å². The zero-order valence-corrected chi connectivity index (χ0v) is 10.0. The molecule has 0 saturated carbocycles. The minimum absolute atomic E-state index is 0.0175. The van der Waals surface area contributed by atoms with E-state index in [-0.39, 0.29) is 5.78 Å². The molecule has 0 amide bonds. The number of ether oxygens (including phenoxy) is 1. The van der Waals surface area contributed by atoms with Crippen molar-refractivity contribution >= 4 is 11.8 Å². The van der Waals surface area contributed by atoms with E-state index < -0.39 is 11.4 Å². The highest BCUT2D eigenvalue weighted by Crippen LogP contribution is 2.27. The van der Waals surface area contributed by atoms with Crippen LogP contribution < -0.4 is 0 Å². The number of hydrogen-bond acceptors (Lipinski definition) is 3. The molecule has 0 aromatic heterocycles. The van der Waals surface area contributed by atoms with Crippen LogP contribution in [0.15, 0.2) is 24.3 Å². The number of carbonyl (C=O) groups excluding carboxylic acids is 2. The average Bonchev–Trinajstić information content (AvgIpc) is 2.27. The molecule has 1 aromatic carbocycles. The molecule has 0 atom stereocenters. The molecule has 0 aliphatic rings. The van der Waals surface area contributed by atoms with Crippen LogP contribution in [0.5, 0.6) is 0 Å². The van der Waals surface area contributed by atoms with Gasteiger partial charge in [-0.25, -0.2) is 4.79 Å². The molecular weight excluding hydrogens is 204 g/mol. The van der Waals surface area contributed by atoms with E-state index in [0.717, 1.165) is 0 Å². The largest absolute Gasteiger partial charge is 0.465 e. The molecule has 0 heterocycles. The number of Topliss-reactive ketones (excluding diaryl/α,β-unsaturated/α-hetero) is 1. The molecule has 1 aromatic rings. The molecule has 1 rings (SSSR count). The fraction of sp³-hybridized carbons (Fsp3) is 0.385. The Morgan fingerprint density at radius 1 is 1.19 bits per heavy atom. The van der Waals surface area contributed by atoms with Crippen molar-refractivity contribution in [2.75, 3.05) is 7.11 Å². The van der Waals surface area contributed by atoms with Gasteiger partial charge in [-0.1, -0.05) is 18.2 Å². The smallest absolute Gasteiger partial charge is 0.338 e. The monoisotopic (exact) mass is 220 g/mol. The molecule has 3 nitrogen and oxygen atoms in total. The zero-order valence-electron chi connectivity index (χ0n) is 10.0. The van der Waals surface area contributed by atoms with E-state index in [1.54, 1.807) is 32.0 Å². The molecule has 86 valence electrons. The van der Waals surface area contributed by atoms with Crippen molar-refractivity contribution in [3.05, 3.63) is 35.4 Å². The quantitative estimate of drug-likeness (QED) is 0.734. The molecule has 16 heavy (non-hydrogen) atoms. The number of carbonyl (C=O) groups is 2. The van der Waals surface area contributed by atoms with Crippen molar-refractivity contribution in [1.29, 1.82) is 0 Å². The van der Waals surface area contributed by atoms with E-state index in [1.807, 2.05) is 6.07 Å². The molecule has 0 spiro atoms. The Labute approximate surface area is 95.4 Å². The van der Waals surface area contributed by atoms with Crippen molar-refractivity contribution < 1.29 is 14.3 Å². The van der Waals surface area contributed by atoms with Gasteiger partial charge in [-0.05, 0) is 32.4 Å². The summed E-state index contributed by atoms with van der Waals surface area (Å²) in [6.07, 6.45) is 0. The number of methoxy groups -OCH3 is 1. The summed E-state index contributed by atoms with van der Waals surface area (Å²) in [4.78, 5) is 23.1. The highest BCUT2D eigenvalue weighted by atomic mass is 16.5.